The van der Waals surface area contributed by atoms with Crippen LogP contribution in [0.1, 0.15) is 23.6 Å². The van der Waals surface area contributed by atoms with Crippen molar-refractivity contribution < 1.29 is 27.1 Å². The summed E-state index contributed by atoms with van der Waals surface area (Å²) in [5.41, 5.74) is 2.81. The van der Waals surface area contributed by atoms with Crippen LogP contribution >= 0.6 is 0 Å². The Labute approximate surface area is 258 Å². The second-order valence-corrected chi connectivity index (χ2v) is 12.1. The van der Waals surface area contributed by atoms with Crippen LogP contribution in [0.5, 0.6) is 5.75 Å². The van der Waals surface area contributed by atoms with Crippen molar-refractivity contribution in [2.24, 2.45) is 0 Å². The molecule has 0 heterocycles. The Kier molecular flexibility index (Phi) is 10.7. The molecule has 0 aliphatic rings. The third-order valence-corrected chi connectivity index (χ3v) is 8.86. The third-order valence-electron chi connectivity index (χ3n) is 7.07. The first-order chi connectivity index (χ1) is 21.1. The lowest BCUT2D eigenvalue weighted by Gasteiger charge is -2.33. The van der Waals surface area contributed by atoms with Crippen molar-refractivity contribution in [3.05, 3.63) is 126 Å². The van der Waals surface area contributed by atoms with Crippen molar-refractivity contribution in [1.82, 2.24) is 10.2 Å². The van der Waals surface area contributed by atoms with E-state index in [9.17, 15) is 22.4 Å². The highest BCUT2D eigenvalue weighted by atomic mass is 32.2. The molecule has 0 aliphatic carbocycles. The summed E-state index contributed by atoms with van der Waals surface area (Å²) in [6.07, 6.45) is 0.214. The molecule has 10 heteroatoms. The van der Waals surface area contributed by atoms with Crippen LogP contribution in [0.4, 0.5) is 10.1 Å². The zero-order valence-corrected chi connectivity index (χ0v) is 25.8. The lowest BCUT2D eigenvalue weighted by atomic mass is 10.0. The molecule has 4 aromatic rings. The lowest BCUT2D eigenvalue weighted by Crippen LogP contribution is -2.53. The molecule has 0 spiro atoms. The van der Waals surface area contributed by atoms with E-state index in [0.29, 0.717) is 12.4 Å². The van der Waals surface area contributed by atoms with Crippen LogP contribution in [0.3, 0.4) is 0 Å². The van der Waals surface area contributed by atoms with E-state index in [1.54, 1.807) is 24.3 Å². The Balaban J connectivity index is 1.78. The molecule has 0 saturated heterocycles. The fourth-order valence-electron chi connectivity index (χ4n) is 4.87. The van der Waals surface area contributed by atoms with Crippen LogP contribution in [-0.2, 0) is 32.6 Å². The average molecular weight is 618 g/mol. The standard InChI is InChI=1S/C34H36FN3O5S/c1-4-43-30-17-15-29(16-18-30)38(44(41,42)31-19-13-28(35)14-20-31)24-33(39)37(23-27-12-8-9-25(2)21-27)32(34(40)36-3)22-26-10-6-5-7-11-26/h5-21,32H,4,22-24H2,1-3H3,(H,36,40)/t32-/m0/s1. The number of benzene rings is 4. The Morgan fingerprint density at radius 3 is 2.16 bits per heavy atom. The molecule has 44 heavy (non-hydrogen) atoms. The van der Waals surface area contributed by atoms with Crippen molar-refractivity contribution >= 4 is 27.5 Å². The van der Waals surface area contributed by atoms with Gasteiger partial charge in [-0.05, 0) is 73.5 Å². The number of hydrogen-bond donors (Lipinski definition) is 1. The maximum absolute atomic E-state index is 14.3. The van der Waals surface area contributed by atoms with Crippen LogP contribution in [0.15, 0.2) is 108 Å². The molecule has 0 unspecified atom stereocenters. The number of carbonyl (C=O) groups excluding carboxylic acids is 2. The highest BCUT2D eigenvalue weighted by molar-refractivity contribution is 7.92. The summed E-state index contributed by atoms with van der Waals surface area (Å²) in [7, 11) is -2.84. The normalized spacial score (nSPS) is 11.8. The number of sulfonamides is 1. The molecular formula is C34H36FN3O5S. The molecule has 4 rings (SSSR count). The van der Waals surface area contributed by atoms with Crippen LogP contribution in [-0.4, -0.2) is 51.4 Å². The van der Waals surface area contributed by atoms with E-state index >= 15 is 0 Å². The van der Waals surface area contributed by atoms with Crippen molar-refractivity contribution in [2.45, 2.75) is 37.8 Å². The second-order valence-electron chi connectivity index (χ2n) is 10.2. The summed E-state index contributed by atoms with van der Waals surface area (Å²) in [6.45, 7) is 3.64. The van der Waals surface area contributed by atoms with E-state index in [1.807, 2.05) is 68.4 Å². The predicted octanol–water partition coefficient (Wildman–Crippen LogP) is 5.11. The number of likely N-dealkylation sites (N-methyl/N-ethyl adjacent to an activating group) is 1. The third kappa shape index (κ3) is 8.02. The second kappa shape index (κ2) is 14.7. The minimum Gasteiger partial charge on any atom is -0.494 e. The highest BCUT2D eigenvalue weighted by Gasteiger charge is 2.34. The molecule has 0 aliphatic heterocycles. The Bertz CT molecular complexity index is 1660. The molecule has 8 nitrogen and oxygen atoms in total. The van der Waals surface area contributed by atoms with E-state index < -0.39 is 34.3 Å². The Morgan fingerprint density at radius 1 is 0.886 bits per heavy atom. The summed E-state index contributed by atoms with van der Waals surface area (Å²) in [4.78, 5) is 28.9. The zero-order chi connectivity index (χ0) is 31.7. The van der Waals surface area contributed by atoms with Crippen molar-refractivity contribution in [3.63, 3.8) is 0 Å². The number of hydrogen-bond acceptors (Lipinski definition) is 5. The minimum atomic E-state index is -4.34. The number of amides is 2. The average Bonchev–Trinajstić information content (AvgIpc) is 3.02. The van der Waals surface area contributed by atoms with Gasteiger partial charge in [-0.3, -0.25) is 13.9 Å². The molecule has 4 aromatic carbocycles. The van der Waals surface area contributed by atoms with Gasteiger partial charge < -0.3 is 15.0 Å². The van der Waals surface area contributed by atoms with E-state index in [4.69, 9.17) is 4.74 Å². The van der Waals surface area contributed by atoms with E-state index in [2.05, 4.69) is 5.32 Å². The first-order valence-electron chi connectivity index (χ1n) is 14.2. The topological polar surface area (TPSA) is 96.0 Å². The quantitative estimate of drug-likeness (QED) is 0.225. The van der Waals surface area contributed by atoms with Gasteiger partial charge in [0, 0.05) is 20.0 Å². The number of rotatable bonds is 13. The molecular weight excluding hydrogens is 581 g/mol. The van der Waals surface area contributed by atoms with Gasteiger partial charge in [-0.25, -0.2) is 12.8 Å². The van der Waals surface area contributed by atoms with Gasteiger partial charge in [0.05, 0.1) is 17.2 Å². The lowest BCUT2D eigenvalue weighted by molar-refractivity contribution is -0.139. The highest BCUT2D eigenvalue weighted by Crippen LogP contribution is 2.27. The predicted molar refractivity (Wildman–Crippen MR) is 168 cm³/mol. The maximum atomic E-state index is 14.3. The van der Waals surface area contributed by atoms with Gasteiger partial charge in [0.2, 0.25) is 11.8 Å². The number of anilines is 1. The molecule has 0 saturated carbocycles. The summed E-state index contributed by atoms with van der Waals surface area (Å²) < 4.78 is 48.2. The van der Waals surface area contributed by atoms with Crippen LogP contribution in [0.2, 0.25) is 0 Å². The van der Waals surface area contributed by atoms with Gasteiger partial charge in [0.25, 0.3) is 10.0 Å². The van der Waals surface area contributed by atoms with Gasteiger partial charge in [-0.1, -0.05) is 60.2 Å². The minimum absolute atomic E-state index is 0.0686. The maximum Gasteiger partial charge on any atom is 0.264 e. The molecule has 1 atom stereocenters. The fourth-order valence-corrected chi connectivity index (χ4v) is 6.28. The summed E-state index contributed by atoms with van der Waals surface area (Å²) in [5, 5.41) is 2.67. The van der Waals surface area contributed by atoms with Crippen LogP contribution in [0.25, 0.3) is 0 Å². The fraction of sp³-hybridized carbons (Fsp3) is 0.235. The number of nitrogens with one attached hydrogen (secondary N) is 1. The number of aryl methyl sites for hydroxylation is 1. The largest absolute Gasteiger partial charge is 0.494 e. The van der Waals surface area contributed by atoms with Crippen molar-refractivity contribution in [2.75, 3.05) is 24.5 Å². The van der Waals surface area contributed by atoms with Crippen LogP contribution in [0, 0.1) is 12.7 Å². The first-order valence-corrected chi connectivity index (χ1v) is 15.7. The van der Waals surface area contributed by atoms with Gasteiger partial charge in [-0.2, -0.15) is 0 Å². The molecule has 230 valence electrons. The summed E-state index contributed by atoms with van der Waals surface area (Å²) >= 11 is 0. The SMILES string of the molecule is CCOc1ccc(N(CC(=O)N(Cc2cccc(C)c2)[C@@H](Cc2ccccc2)C(=O)NC)S(=O)(=O)c2ccc(F)cc2)cc1. The van der Waals surface area contributed by atoms with E-state index in [1.165, 1.54) is 11.9 Å². The zero-order valence-electron chi connectivity index (χ0n) is 24.9. The van der Waals surface area contributed by atoms with Crippen LogP contribution < -0.4 is 14.4 Å². The van der Waals surface area contributed by atoms with E-state index in [0.717, 1.165) is 45.3 Å². The van der Waals surface area contributed by atoms with Gasteiger partial charge in [-0.15, -0.1) is 0 Å². The monoisotopic (exact) mass is 617 g/mol. The molecule has 2 amide bonds. The molecule has 0 aromatic heterocycles. The smallest absolute Gasteiger partial charge is 0.264 e. The van der Waals surface area contributed by atoms with Gasteiger partial charge >= 0.3 is 0 Å². The Hall–Kier alpha value is -4.70. The molecule has 1 N–H and O–H groups in total. The van der Waals surface area contributed by atoms with E-state index in [-0.39, 0.29) is 29.5 Å². The summed E-state index contributed by atoms with van der Waals surface area (Å²) in [5.74, 6) is -1.03. The molecule has 0 bridgehead atoms. The van der Waals surface area contributed by atoms with Gasteiger partial charge in [0.15, 0.2) is 0 Å². The molecule has 0 radical (unpaired) electrons. The first kappa shape index (κ1) is 32.2. The number of nitrogens with zero attached hydrogens (tertiary/aromatic N) is 2. The van der Waals surface area contributed by atoms with Crippen molar-refractivity contribution in [1.29, 1.82) is 0 Å². The Morgan fingerprint density at radius 2 is 1.55 bits per heavy atom. The van der Waals surface area contributed by atoms with Gasteiger partial charge in [0.1, 0.15) is 24.2 Å². The summed E-state index contributed by atoms with van der Waals surface area (Å²) in [6, 6.07) is 26.7. The number of halogens is 1. The number of ether oxygens (including phenoxy) is 1. The number of carbonyl (C=O) groups is 2. The van der Waals surface area contributed by atoms with Crippen molar-refractivity contribution in [3.8, 4) is 5.75 Å². The molecule has 0 fully saturated rings.